The van der Waals surface area contributed by atoms with Gasteiger partial charge in [-0.3, -0.25) is 9.59 Å². The molecule has 0 aromatic heterocycles. The van der Waals surface area contributed by atoms with Gasteiger partial charge in [0.2, 0.25) is 0 Å². The van der Waals surface area contributed by atoms with Crippen LogP contribution in [0.1, 0.15) is 32.1 Å². The third kappa shape index (κ3) is 7.54. The van der Waals surface area contributed by atoms with E-state index >= 15 is 0 Å². The summed E-state index contributed by atoms with van der Waals surface area (Å²) in [6, 6.07) is 0. The number of halogens is 1. The maximum Gasteiger partial charge on any atom is 0.303 e. The number of ketones is 1. The number of hydrogen-bond acceptors (Lipinski definition) is 2. The highest BCUT2D eigenvalue weighted by atomic mass is 35.5. The maximum atomic E-state index is 10.9. The number of alkyl halides is 1. The molecule has 1 N–H and O–H groups in total. The van der Waals surface area contributed by atoms with E-state index in [4.69, 9.17) is 16.7 Å². The minimum Gasteiger partial charge on any atom is -0.481 e. The number of carbonyl (C=O) groups is 2. The van der Waals surface area contributed by atoms with Gasteiger partial charge in [0, 0.05) is 25.1 Å². The van der Waals surface area contributed by atoms with Crippen molar-refractivity contribution >= 4 is 23.4 Å². The van der Waals surface area contributed by atoms with Gasteiger partial charge in [-0.05, 0) is 12.8 Å². The first-order chi connectivity index (χ1) is 5.66. The Balaban J connectivity index is 3.25. The molecule has 0 radical (unpaired) electrons. The van der Waals surface area contributed by atoms with E-state index in [0.29, 0.717) is 31.6 Å². The van der Waals surface area contributed by atoms with Gasteiger partial charge < -0.3 is 5.11 Å². The van der Waals surface area contributed by atoms with Crippen LogP contribution in [0.25, 0.3) is 0 Å². The quantitative estimate of drug-likeness (QED) is 0.627. The summed E-state index contributed by atoms with van der Waals surface area (Å²) < 4.78 is 0. The fourth-order valence-electron chi connectivity index (χ4n) is 0.826. The zero-order chi connectivity index (χ0) is 9.40. The molecule has 0 fully saturated rings. The molecule has 0 aromatic carbocycles. The lowest BCUT2D eigenvalue weighted by Gasteiger charge is -1.96. The van der Waals surface area contributed by atoms with Crippen molar-refractivity contribution in [3.05, 3.63) is 0 Å². The molecule has 70 valence electrons. The minimum atomic E-state index is -0.847. The van der Waals surface area contributed by atoms with Crippen molar-refractivity contribution in [3.63, 3.8) is 0 Å². The van der Waals surface area contributed by atoms with E-state index in [1.54, 1.807) is 0 Å². The van der Waals surface area contributed by atoms with Gasteiger partial charge >= 0.3 is 5.97 Å². The molecular weight excluding hydrogens is 180 g/mol. The zero-order valence-electron chi connectivity index (χ0n) is 6.88. The van der Waals surface area contributed by atoms with E-state index in [1.165, 1.54) is 0 Å². The number of aliphatic carboxylic acids is 1. The van der Waals surface area contributed by atoms with Gasteiger partial charge in [0.05, 0.1) is 0 Å². The number of carbonyl (C=O) groups excluding carboxylic acids is 1. The number of carboxylic acid groups (broad SMARTS) is 1. The lowest BCUT2D eigenvalue weighted by molar-refractivity contribution is -0.137. The number of rotatable bonds is 7. The van der Waals surface area contributed by atoms with Gasteiger partial charge in [-0.2, -0.15) is 0 Å². The first-order valence-corrected chi connectivity index (χ1v) is 4.49. The van der Waals surface area contributed by atoms with Crippen LogP contribution >= 0.6 is 11.6 Å². The molecule has 4 heteroatoms. The van der Waals surface area contributed by atoms with Crippen molar-refractivity contribution < 1.29 is 14.7 Å². The third-order valence-electron chi connectivity index (χ3n) is 1.44. The zero-order valence-corrected chi connectivity index (χ0v) is 7.64. The molecule has 0 saturated carbocycles. The summed E-state index contributed by atoms with van der Waals surface area (Å²) in [4.78, 5) is 21.0. The van der Waals surface area contributed by atoms with Crippen LogP contribution in [-0.2, 0) is 9.59 Å². The predicted octanol–water partition coefficient (Wildman–Crippen LogP) is 1.83. The second-order valence-corrected chi connectivity index (χ2v) is 2.96. The Morgan fingerprint density at radius 1 is 1.08 bits per heavy atom. The molecule has 12 heavy (non-hydrogen) atoms. The Kier molecular flexibility index (Phi) is 6.76. The molecule has 0 saturated heterocycles. The molecule has 0 bridgehead atoms. The Hall–Kier alpha value is -0.570. The first kappa shape index (κ1) is 11.4. The van der Waals surface area contributed by atoms with Crippen molar-refractivity contribution in [3.8, 4) is 0 Å². The van der Waals surface area contributed by atoms with Crippen molar-refractivity contribution in [2.45, 2.75) is 32.1 Å². The van der Waals surface area contributed by atoms with Crippen LogP contribution < -0.4 is 0 Å². The topological polar surface area (TPSA) is 54.4 Å². The van der Waals surface area contributed by atoms with Crippen LogP contribution in [0.4, 0.5) is 0 Å². The molecule has 0 aromatic rings. The van der Waals surface area contributed by atoms with Crippen LogP contribution in [0, 0.1) is 0 Å². The maximum absolute atomic E-state index is 10.9. The Labute approximate surface area is 76.7 Å². The average Bonchev–Trinajstić information content (AvgIpc) is 2.00. The van der Waals surface area contributed by atoms with Gasteiger partial charge in [0.1, 0.15) is 5.78 Å². The highest BCUT2D eigenvalue weighted by molar-refractivity contribution is 6.17. The van der Waals surface area contributed by atoms with Crippen LogP contribution in [-0.4, -0.2) is 22.7 Å². The molecule has 0 aliphatic carbocycles. The number of carboxylic acids is 1. The first-order valence-electron chi connectivity index (χ1n) is 3.96. The van der Waals surface area contributed by atoms with Crippen molar-refractivity contribution in [1.82, 2.24) is 0 Å². The summed E-state index contributed by atoms with van der Waals surface area (Å²) in [5, 5.41) is 8.27. The third-order valence-corrected chi connectivity index (χ3v) is 1.70. The molecule has 0 rings (SSSR count). The van der Waals surface area contributed by atoms with E-state index in [9.17, 15) is 9.59 Å². The van der Waals surface area contributed by atoms with Gasteiger partial charge in [-0.15, -0.1) is 11.6 Å². The van der Waals surface area contributed by atoms with Crippen molar-refractivity contribution in [2.75, 3.05) is 5.88 Å². The average molecular weight is 193 g/mol. The number of Topliss-reactive ketones (excluding diaryl/α,β-unsaturated/α-hetero) is 1. The van der Waals surface area contributed by atoms with Gasteiger partial charge in [-0.1, -0.05) is 0 Å². The van der Waals surface area contributed by atoms with E-state index in [0.717, 1.165) is 0 Å². The monoisotopic (exact) mass is 192 g/mol. The second-order valence-electron chi connectivity index (χ2n) is 2.58. The van der Waals surface area contributed by atoms with Gasteiger partial charge in [0.25, 0.3) is 0 Å². The van der Waals surface area contributed by atoms with Crippen LogP contribution in [0.15, 0.2) is 0 Å². The molecule has 3 nitrogen and oxygen atoms in total. The van der Waals surface area contributed by atoms with E-state index in [2.05, 4.69) is 0 Å². The fraction of sp³-hybridized carbons (Fsp3) is 0.750. The standard InChI is InChI=1S/C8H13ClO3/c9-6-2-4-7(10)3-1-5-8(11)12/h1-6H2,(H,11,12). The Morgan fingerprint density at radius 3 is 2.17 bits per heavy atom. The largest absolute Gasteiger partial charge is 0.481 e. The summed E-state index contributed by atoms with van der Waals surface area (Å²) in [6.07, 6.45) is 2.04. The summed E-state index contributed by atoms with van der Waals surface area (Å²) in [5.41, 5.74) is 0. The highest BCUT2D eigenvalue weighted by Gasteiger charge is 2.03. The fourth-order valence-corrected chi connectivity index (χ4v) is 0.959. The SMILES string of the molecule is O=C(O)CCCC(=O)CCCCl. The molecule has 0 unspecified atom stereocenters. The molecule has 0 spiro atoms. The summed E-state index contributed by atoms with van der Waals surface area (Å²) in [7, 11) is 0. The van der Waals surface area contributed by atoms with E-state index in [1.807, 2.05) is 0 Å². The van der Waals surface area contributed by atoms with Crippen LogP contribution in [0.3, 0.4) is 0 Å². The van der Waals surface area contributed by atoms with Crippen LogP contribution in [0.2, 0.25) is 0 Å². The molecule has 0 heterocycles. The minimum absolute atomic E-state index is 0.0760. The normalized spacial score (nSPS) is 9.75. The summed E-state index contributed by atoms with van der Waals surface area (Å²) >= 11 is 5.38. The predicted molar refractivity (Wildman–Crippen MR) is 46.4 cm³/mol. The smallest absolute Gasteiger partial charge is 0.303 e. The molecular formula is C8H13ClO3. The lowest BCUT2D eigenvalue weighted by atomic mass is 10.1. The summed E-state index contributed by atoms with van der Waals surface area (Å²) in [5.74, 6) is -0.248. The highest BCUT2D eigenvalue weighted by Crippen LogP contribution is 2.02. The van der Waals surface area contributed by atoms with Crippen molar-refractivity contribution in [2.24, 2.45) is 0 Å². The molecule has 0 aliphatic heterocycles. The lowest BCUT2D eigenvalue weighted by Crippen LogP contribution is -2.01. The second kappa shape index (κ2) is 7.10. The molecule has 0 amide bonds. The number of hydrogen-bond donors (Lipinski definition) is 1. The molecule has 0 atom stereocenters. The van der Waals surface area contributed by atoms with E-state index < -0.39 is 5.97 Å². The van der Waals surface area contributed by atoms with Crippen LogP contribution in [0.5, 0.6) is 0 Å². The van der Waals surface area contributed by atoms with Gasteiger partial charge in [-0.25, -0.2) is 0 Å². The van der Waals surface area contributed by atoms with Gasteiger partial charge in [0.15, 0.2) is 0 Å². The van der Waals surface area contributed by atoms with E-state index in [-0.39, 0.29) is 12.2 Å². The van der Waals surface area contributed by atoms with Crippen molar-refractivity contribution in [1.29, 1.82) is 0 Å². The Bertz CT molecular complexity index is 156. The molecule has 0 aliphatic rings. The Morgan fingerprint density at radius 2 is 1.67 bits per heavy atom. The summed E-state index contributed by atoms with van der Waals surface area (Å²) in [6.45, 7) is 0.